The van der Waals surface area contributed by atoms with Crippen molar-refractivity contribution in [3.05, 3.63) is 70.4 Å². The molecule has 1 aromatic carbocycles. The van der Waals surface area contributed by atoms with Gasteiger partial charge in [-0.05, 0) is 36.4 Å². The summed E-state index contributed by atoms with van der Waals surface area (Å²) in [7, 11) is 3.06. The number of pyridine rings is 1. The zero-order valence-electron chi connectivity index (χ0n) is 20.0. The highest BCUT2D eigenvalue weighted by molar-refractivity contribution is 7.07. The van der Waals surface area contributed by atoms with Gasteiger partial charge in [-0.1, -0.05) is 0 Å². The number of hydrogen-bond donors (Lipinski definition) is 0. The van der Waals surface area contributed by atoms with Crippen molar-refractivity contribution in [2.45, 2.75) is 6.10 Å². The number of rotatable bonds is 6. The summed E-state index contributed by atoms with van der Waals surface area (Å²) in [6, 6.07) is 10.8. The Labute approximate surface area is 215 Å². The molecular weight excluding hydrogens is 497 g/mol. The van der Waals surface area contributed by atoms with Crippen LogP contribution in [0.5, 0.6) is 5.88 Å². The fourth-order valence-electron chi connectivity index (χ4n) is 4.82. The Morgan fingerprint density at radius 3 is 2.49 bits per heavy atom. The first-order valence-corrected chi connectivity index (χ1v) is 12.6. The van der Waals surface area contributed by atoms with Crippen LogP contribution in [-0.4, -0.2) is 62.8 Å². The molecule has 1 aliphatic heterocycles. The normalized spacial score (nSPS) is 20.0. The average molecular weight is 520 g/mol. The van der Waals surface area contributed by atoms with Crippen molar-refractivity contribution >= 4 is 23.2 Å². The molecule has 1 amide bonds. The lowest BCUT2D eigenvalue weighted by Gasteiger charge is -2.20. The minimum Gasteiger partial charge on any atom is -0.474 e. The maximum atomic E-state index is 13.4. The first kappa shape index (κ1) is 23.3. The highest BCUT2D eigenvalue weighted by atomic mass is 32.1. The number of methoxy groups -OCH3 is 1. The van der Waals surface area contributed by atoms with E-state index in [2.05, 4.69) is 15.1 Å². The number of amides is 1. The number of nitrogens with zero attached hydrogens (tertiary/aromatic N) is 5. The van der Waals surface area contributed by atoms with E-state index in [1.54, 1.807) is 47.6 Å². The van der Waals surface area contributed by atoms with E-state index in [4.69, 9.17) is 9.47 Å². The van der Waals surface area contributed by atoms with E-state index in [0.29, 0.717) is 47.2 Å². The number of hydrogen-bond acceptors (Lipinski definition) is 8. The standard InChI is InChI=1S/C26H22FN5O4S/c1-31-22(9-20(30-31)21-12-37-13-28-21)25(33)32-10-17-18(11-32)24(17)36-23-8-15(26(34)35-2)7-19(29-23)14-3-5-16(27)6-4-14/h3-9,12-13,17-18,24H,10-11H2,1-2H3/t17-,18+,24?. The molecule has 4 heterocycles. The Hall–Kier alpha value is -4.12. The Kier molecular flexibility index (Phi) is 5.71. The fraction of sp³-hybridized carbons (Fsp3) is 0.269. The van der Waals surface area contributed by atoms with E-state index < -0.39 is 5.97 Å². The van der Waals surface area contributed by atoms with E-state index in [0.717, 1.165) is 5.69 Å². The number of fused-ring (bicyclic) bond motifs is 1. The van der Waals surface area contributed by atoms with Crippen molar-refractivity contribution in [3.63, 3.8) is 0 Å². The van der Waals surface area contributed by atoms with Crippen LogP contribution in [0.1, 0.15) is 20.8 Å². The van der Waals surface area contributed by atoms with Crippen LogP contribution >= 0.6 is 11.3 Å². The van der Waals surface area contributed by atoms with Crippen LogP contribution in [0.4, 0.5) is 4.39 Å². The van der Waals surface area contributed by atoms with E-state index in [-0.39, 0.29) is 29.7 Å². The van der Waals surface area contributed by atoms with Gasteiger partial charge in [0.15, 0.2) is 0 Å². The summed E-state index contributed by atoms with van der Waals surface area (Å²) in [5.41, 5.74) is 5.09. The second kappa shape index (κ2) is 9.07. The highest BCUT2D eigenvalue weighted by Gasteiger charge is 2.59. The molecule has 9 nitrogen and oxygen atoms in total. The number of carbonyl (C=O) groups excluding carboxylic acids is 2. The lowest BCUT2D eigenvalue weighted by molar-refractivity contribution is 0.0598. The fourth-order valence-corrected chi connectivity index (χ4v) is 5.36. The van der Waals surface area contributed by atoms with Gasteiger partial charge in [0.05, 0.1) is 23.9 Å². The maximum Gasteiger partial charge on any atom is 0.338 e. The molecule has 37 heavy (non-hydrogen) atoms. The number of benzene rings is 1. The third kappa shape index (κ3) is 4.35. The van der Waals surface area contributed by atoms with E-state index in [1.807, 2.05) is 10.3 Å². The number of piperidine rings is 1. The quantitative estimate of drug-likeness (QED) is 0.358. The number of carbonyl (C=O) groups is 2. The largest absolute Gasteiger partial charge is 0.474 e. The minimum absolute atomic E-state index is 0.0770. The van der Waals surface area contributed by atoms with Crippen molar-refractivity contribution < 1.29 is 23.5 Å². The zero-order valence-corrected chi connectivity index (χ0v) is 20.8. The van der Waals surface area contributed by atoms with Crippen LogP contribution in [0, 0.1) is 17.7 Å². The van der Waals surface area contributed by atoms with Crippen LogP contribution in [0.25, 0.3) is 22.6 Å². The summed E-state index contributed by atoms with van der Waals surface area (Å²) in [4.78, 5) is 36.0. The molecule has 1 aliphatic carbocycles. The number of aryl methyl sites for hydroxylation is 1. The summed E-state index contributed by atoms with van der Waals surface area (Å²) in [6.07, 6.45) is -0.109. The molecule has 0 radical (unpaired) electrons. The Bertz CT molecular complexity index is 1480. The molecule has 4 aromatic rings. The van der Waals surface area contributed by atoms with Crippen LogP contribution < -0.4 is 4.74 Å². The van der Waals surface area contributed by atoms with Gasteiger partial charge in [0.25, 0.3) is 5.91 Å². The summed E-state index contributed by atoms with van der Waals surface area (Å²) in [5.74, 6) is -0.316. The van der Waals surface area contributed by atoms with Crippen molar-refractivity contribution in [2.24, 2.45) is 18.9 Å². The van der Waals surface area contributed by atoms with Gasteiger partial charge in [-0.15, -0.1) is 11.3 Å². The number of ether oxygens (including phenoxy) is 2. The van der Waals surface area contributed by atoms with Crippen LogP contribution in [0.2, 0.25) is 0 Å². The number of likely N-dealkylation sites (tertiary alicyclic amines) is 1. The molecule has 6 rings (SSSR count). The predicted molar refractivity (Wildman–Crippen MR) is 133 cm³/mol. The lowest BCUT2D eigenvalue weighted by Crippen LogP contribution is -2.34. The van der Waals surface area contributed by atoms with Crippen molar-refractivity contribution in [3.8, 4) is 28.5 Å². The summed E-state index contributed by atoms with van der Waals surface area (Å²) in [6.45, 7) is 1.12. The van der Waals surface area contributed by atoms with Gasteiger partial charge in [-0.2, -0.15) is 5.10 Å². The van der Waals surface area contributed by atoms with Gasteiger partial charge in [-0.25, -0.2) is 19.2 Å². The lowest BCUT2D eigenvalue weighted by atomic mass is 10.1. The van der Waals surface area contributed by atoms with E-state index in [1.165, 1.54) is 30.6 Å². The molecule has 0 spiro atoms. The van der Waals surface area contributed by atoms with Crippen LogP contribution in [0.3, 0.4) is 0 Å². The molecular formula is C26H22FN5O4S. The highest BCUT2D eigenvalue weighted by Crippen LogP contribution is 2.48. The second-order valence-corrected chi connectivity index (χ2v) is 9.83. The van der Waals surface area contributed by atoms with E-state index in [9.17, 15) is 14.0 Å². The summed E-state index contributed by atoms with van der Waals surface area (Å²) < 4.78 is 26.0. The first-order valence-electron chi connectivity index (χ1n) is 11.7. The Balaban J connectivity index is 1.15. The zero-order chi connectivity index (χ0) is 25.7. The van der Waals surface area contributed by atoms with Crippen molar-refractivity contribution in [2.75, 3.05) is 20.2 Å². The van der Waals surface area contributed by atoms with Crippen LogP contribution in [-0.2, 0) is 11.8 Å². The molecule has 2 aliphatic rings. The van der Waals surface area contributed by atoms with Gasteiger partial charge in [0.2, 0.25) is 5.88 Å². The van der Waals surface area contributed by atoms with Gasteiger partial charge in [0.1, 0.15) is 29.0 Å². The number of halogens is 1. The Morgan fingerprint density at radius 1 is 1.05 bits per heavy atom. The number of esters is 1. The van der Waals surface area contributed by atoms with Gasteiger partial charge in [-0.3, -0.25) is 9.48 Å². The smallest absolute Gasteiger partial charge is 0.338 e. The average Bonchev–Trinajstić information content (AvgIpc) is 3.41. The van der Waals surface area contributed by atoms with Gasteiger partial charge < -0.3 is 14.4 Å². The van der Waals surface area contributed by atoms with Gasteiger partial charge in [0, 0.05) is 49.0 Å². The minimum atomic E-state index is -0.517. The number of thiazole rings is 1. The van der Waals surface area contributed by atoms with Crippen molar-refractivity contribution in [1.29, 1.82) is 0 Å². The Morgan fingerprint density at radius 2 is 1.81 bits per heavy atom. The molecule has 0 bridgehead atoms. The van der Waals surface area contributed by atoms with Crippen LogP contribution in [0.15, 0.2) is 53.4 Å². The topological polar surface area (TPSA) is 99.4 Å². The van der Waals surface area contributed by atoms with Gasteiger partial charge >= 0.3 is 5.97 Å². The molecule has 188 valence electrons. The third-order valence-corrected chi connectivity index (χ3v) is 7.40. The number of aromatic nitrogens is 4. The molecule has 3 aromatic heterocycles. The van der Waals surface area contributed by atoms with Crippen molar-refractivity contribution in [1.82, 2.24) is 24.6 Å². The monoisotopic (exact) mass is 519 g/mol. The molecule has 2 fully saturated rings. The molecule has 1 saturated carbocycles. The van der Waals surface area contributed by atoms with E-state index >= 15 is 0 Å². The predicted octanol–water partition coefficient (Wildman–Crippen LogP) is 3.68. The summed E-state index contributed by atoms with van der Waals surface area (Å²) in [5, 5.41) is 6.33. The second-order valence-electron chi connectivity index (χ2n) is 9.11. The SMILES string of the molecule is COC(=O)c1cc(OC2[C@H]3CN(C(=O)c4cc(-c5cscn5)nn4C)C[C@@H]23)nc(-c2ccc(F)cc2)c1. The maximum absolute atomic E-state index is 13.4. The third-order valence-electron chi connectivity index (χ3n) is 6.82. The first-order chi connectivity index (χ1) is 17.9. The molecule has 3 atom stereocenters. The molecule has 0 N–H and O–H groups in total. The molecule has 1 saturated heterocycles. The summed E-state index contributed by atoms with van der Waals surface area (Å²) >= 11 is 1.48. The molecule has 1 unspecified atom stereocenters. The molecule has 11 heteroatoms.